The van der Waals surface area contributed by atoms with Crippen molar-refractivity contribution in [1.29, 1.82) is 0 Å². The van der Waals surface area contributed by atoms with Gasteiger partial charge in [-0.05, 0) is 42.0 Å². The van der Waals surface area contributed by atoms with E-state index in [2.05, 4.69) is 29.8 Å². The summed E-state index contributed by atoms with van der Waals surface area (Å²) in [6, 6.07) is 10.7. The van der Waals surface area contributed by atoms with Crippen LogP contribution in [0.15, 0.2) is 46.9 Å². The summed E-state index contributed by atoms with van der Waals surface area (Å²) in [4.78, 5) is 23.8. The van der Waals surface area contributed by atoms with Crippen LogP contribution in [0.1, 0.15) is 68.9 Å². The highest BCUT2D eigenvalue weighted by Crippen LogP contribution is 2.22. The maximum Gasteiger partial charge on any atom is 0.194 e. The normalized spacial score (nSPS) is 9.35. The van der Waals surface area contributed by atoms with Gasteiger partial charge in [0.2, 0.25) is 0 Å². The van der Waals surface area contributed by atoms with Gasteiger partial charge in [0.05, 0.1) is 0 Å². The Morgan fingerprint density at radius 2 is 1.50 bits per heavy atom. The first-order valence-corrected chi connectivity index (χ1v) is 9.82. The van der Waals surface area contributed by atoms with Crippen LogP contribution in [0.4, 0.5) is 4.39 Å². The highest BCUT2D eigenvalue weighted by atomic mass is 79.9. The molecule has 0 fully saturated rings. The molecule has 0 atom stereocenters. The number of halogens is 2. The molecule has 0 saturated carbocycles. The number of ketones is 2. The average Bonchev–Trinajstić information content (AvgIpc) is 2.64. The van der Waals surface area contributed by atoms with Gasteiger partial charge in [-0.2, -0.15) is 0 Å². The van der Waals surface area contributed by atoms with E-state index in [9.17, 15) is 14.0 Å². The number of benzene rings is 2. The van der Waals surface area contributed by atoms with E-state index in [-0.39, 0.29) is 17.4 Å². The van der Waals surface area contributed by atoms with Crippen molar-refractivity contribution in [3.8, 4) is 0 Å². The third kappa shape index (κ3) is 8.05. The maximum absolute atomic E-state index is 12.9. The summed E-state index contributed by atoms with van der Waals surface area (Å²) in [5, 5.41) is 0. The quantitative estimate of drug-likeness (QED) is 0.497. The van der Waals surface area contributed by atoms with E-state index in [1.54, 1.807) is 18.2 Å². The molecule has 0 saturated heterocycles. The van der Waals surface area contributed by atoms with Gasteiger partial charge in [-0.25, -0.2) is 4.39 Å². The van der Waals surface area contributed by atoms with Crippen molar-refractivity contribution in [2.45, 2.75) is 53.9 Å². The van der Waals surface area contributed by atoms with E-state index in [1.807, 2.05) is 20.8 Å². The van der Waals surface area contributed by atoms with Crippen LogP contribution in [0.3, 0.4) is 0 Å². The van der Waals surface area contributed by atoms with Crippen molar-refractivity contribution in [3.05, 3.63) is 69.4 Å². The fraction of sp³-hybridized carbons (Fsp3) is 0.364. The lowest BCUT2D eigenvalue weighted by atomic mass is 10.00. The molecule has 2 rings (SSSR count). The second-order valence-corrected chi connectivity index (χ2v) is 6.28. The number of carbonyl (C=O) groups excluding carboxylic acids is 2. The number of rotatable bonds is 5. The molecule has 0 aliphatic carbocycles. The van der Waals surface area contributed by atoms with Gasteiger partial charge in [0, 0.05) is 28.4 Å². The summed E-state index contributed by atoms with van der Waals surface area (Å²) >= 11 is 3.37. The van der Waals surface area contributed by atoms with Crippen molar-refractivity contribution >= 4 is 27.5 Å². The Bertz CT molecular complexity index is 694. The van der Waals surface area contributed by atoms with Gasteiger partial charge >= 0.3 is 0 Å². The summed E-state index contributed by atoms with van der Waals surface area (Å²) in [7, 11) is 0. The minimum atomic E-state index is -0.376. The average molecular weight is 423 g/mol. The van der Waals surface area contributed by atoms with Crippen molar-refractivity contribution in [2.75, 3.05) is 0 Å². The predicted molar refractivity (Wildman–Crippen MR) is 110 cm³/mol. The number of hydrogen-bond acceptors (Lipinski definition) is 2. The van der Waals surface area contributed by atoms with Gasteiger partial charge in [-0.3, -0.25) is 9.59 Å². The zero-order chi connectivity index (χ0) is 20.1. The Morgan fingerprint density at radius 1 is 0.962 bits per heavy atom. The first-order chi connectivity index (χ1) is 12.4. The van der Waals surface area contributed by atoms with E-state index in [1.165, 1.54) is 30.7 Å². The molecule has 0 amide bonds. The highest BCUT2D eigenvalue weighted by Gasteiger charge is 2.13. The first-order valence-electron chi connectivity index (χ1n) is 9.03. The fourth-order valence-corrected chi connectivity index (χ4v) is 2.57. The summed E-state index contributed by atoms with van der Waals surface area (Å²) in [5.41, 5.74) is 1.79. The lowest BCUT2D eigenvalue weighted by molar-refractivity contribution is -0.118. The molecular formula is C22H28BrFO2. The van der Waals surface area contributed by atoms with Crippen molar-refractivity contribution in [2.24, 2.45) is 0 Å². The third-order valence-electron chi connectivity index (χ3n) is 3.18. The molecule has 2 nitrogen and oxygen atoms in total. The van der Waals surface area contributed by atoms with Gasteiger partial charge in [0.15, 0.2) is 5.78 Å². The minimum absolute atomic E-state index is 0.152. The van der Waals surface area contributed by atoms with Crippen LogP contribution in [0.2, 0.25) is 0 Å². The van der Waals surface area contributed by atoms with Crippen LogP contribution < -0.4 is 0 Å². The topological polar surface area (TPSA) is 34.1 Å². The lowest BCUT2D eigenvalue weighted by Gasteiger charge is -2.07. The molecule has 2 aromatic carbocycles. The smallest absolute Gasteiger partial charge is 0.194 e. The summed E-state index contributed by atoms with van der Waals surface area (Å²) < 4.78 is 13.5. The molecule has 0 heterocycles. The van der Waals surface area contributed by atoms with E-state index in [0.29, 0.717) is 28.4 Å². The molecule has 0 aromatic heterocycles. The van der Waals surface area contributed by atoms with Crippen LogP contribution >= 0.6 is 15.9 Å². The SMILES string of the molecule is CC.CCC.CCC(=O)Cc1ccc(C(=O)c2ccc(F)cc2)c(Br)c1. The second kappa shape index (κ2) is 13.4. The maximum atomic E-state index is 12.9. The van der Waals surface area contributed by atoms with Crippen LogP contribution in [-0.2, 0) is 11.2 Å². The van der Waals surface area contributed by atoms with Crippen molar-refractivity contribution in [3.63, 3.8) is 0 Å². The zero-order valence-electron chi connectivity index (χ0n) is 16.2. The molecule has 142 valence electrons. The highest BCUT2D eigenvalue weighted by molar-refractivity contribution is 9.10. The number of Topliss-reactive ketones (excluding diaryl/α,β-unsaturated/α-hetero) is 1. The molecule has 2 aromatic rings. The lowest BCUT2D eigenvalue weighted by Crippen LogP contribution is -2.05. The molecule has 4 heteroatoms. The molecule has 26 heavy (non-hydrogen) atoms. The van der Waals surface area contributed by atoms with E-state index >= 15 is 0 Å². The second-order valence-electron chi connectivity index (χ2n) is 5.43. The molecule has 0 unspecified atom stereocenters. The fourth-order valence-electron chi connectivity index (χ4n) is 1.96. The molecular weight excluding hydrogens is 395 g/mol. The summed E-state index contributed by atoms with van der Waals surface area (Å²) in [6.07, 6.45) is 2.11. The monoisotopic (exact) mass is 422 g/mol. The molecule has 0 radical (unpaired) electrons. The summed E-state index contributed by atoms with van der Waals surface area (Å²) in [5.74, 6) is -0.409. The molecule has 0 N–H and O–H groups in total. The molecule has 0 aliphatic rings. The van der Waals surface area contributed by atoms with Gasteiger partial charge in [0.1, 0.15) is 11.6 Å². The van der Waals surface area contributed by atoms with Crippen molar-refractivity contribution in [1.82, 2.24) is 0 Å². The van der Waals surface area contributed by atoms with Crippen LogP contribution in [-0.4, -0.2) is 11.6 Å². The minimum Gasteiger partial charge on any atom is -0.299 e. The van der Waals surface area contributed by atoms with E-state index in [0.717, 1.165) is 5.56 Å². The van der Waals surface area contributed by atoms with E-state index in [4.69, 9.17) is 0 Å². The Kier molecular flexibility index (Phi) is 12.5. The molecule has 0 aliphatic heterocycles. The molecule has 0 bridgehead atoms. The van der Waals surface area contributed by atoms with Gasteiger partial charge in [-0.1, -0.05) is 63.0 Å². The van der Waals surface area contributed by atoms with E-state index < -0.39 is 0 Å². The largest absolute Gasteiger partial charge is 0.299 e. The van der Waals surface area contributed by atoms with Gasteiger partial charge in [0.25, 0.3) is 0 Å². The summed E-state index contributed by atoms with van der Waals surface area (Å²) in [6.45, 7) is 10.1. The Balaban J connectivity index is 0.00000113. The molecule has 0 spiro atoms. The Morgan fingerprint density at radius 3 is 1.96 bits per heavy atom. The predicted octanol–water partition coefficient (Wildman–Crippen LogP) is 6.78. The Hall–Kier alpha value is -1.81. The number of hydrogen-bond donors (Lipinski definition) is 0. The number of carbonyl (C=O) groups is 2. The zero-order valence-corrected chi connectivity index (χ0v) is 17.8. The van der Waals surface area contributed by atoms with Crippen LogP contribution in [0.5, 0.6) is 0 Å². The van der Waals surface area contributed by atoms with Crippen molar-refractivity contribution < 1.29 is 14.0 Å². The van der Waals surface area contributed by atoms with Crippen LogP contribution in [0.25, 0.3) is 0 Å². The third-order valence-corrected chi connectivity index (χ3v) is 3.84. The van der Waals surface area contributed by atoms with Gasteiger partial charge < -0.3 is 0 Å². The van der Waals surface area contributed by atoms with Gasteiger partial charge in [-0.15, -0.1) is 0 Å². The Labute approximate surface area is 165 Å². The van der Waals surface area contributed by atoms with Crippen LogP contribution in [0, 0.1) is 5.82 Å². The standard InChI is InChI=1S/C17H14BrFO2.C3H8.C2H6/c1-2-14(20)9-11-3-8-15(16(18)10-11)17(21)12-4-6-13(19)7-5-12;1-3-2;1-2/h3-8,10H,2,9H2,1H3;3H2,1-2H3;1-2H3. The first kappa shape index (κ1) is 24.2.